The van der Waals surface area contributed by atoms with Crippen LogP contribution in [-0.2, 0) is 24.2 Å². The van der Waals surface area contributed by atoms with Crippen molar-refractivity contribution in [2.45, 2.75) is 19.4 Å². The fourth-order valence-corrected chi connectivity index (χ4v) is 4.86. The molecular weight excluding hydrogens is 408 g/mol. The van der Waals surface area contributed by atoms with Gasteiger partial charge in [0, 0.05) is 24.0 Å². The first-order valence-corrected chi connectivity index (χ1v) is 10.9. The monoisotopic (exact) mass is 428 g/mol. The number of anilines is 1. The van der Waals surface area contributed by atoms with Crippen LogP contribution in [0.4, 0.5) is 5.13 Å². The molecule has 1 aliphatic rings. The number of nitrogens with one attached hydrogen (secondary N) is 1. The van der Waals surface area contributed by atoms with Crippen LogP contribution < -0.4 is 5.32 Å². The summed E-state index contributed by atoms with van der Waals surface area (Å²) < 4.78 is 0. The lowest BCUT2D eigenvalue weighted by Gasteiger charge is -2.26. The fraction of sp³-hybridized carbons (Fsp3) is 0.167. The molecule has 0 saturated heterocycles. The Balaban J connectivity index is 1.28. The number of hydrogen-bond donors (Lipinski definition) is 1. The van der Waals surface area contributed by atoms with Crippen LogP contribution in [0.3, 0.4) is 0 Å². The molecule has 1 aliphatic heterocycles. The largest absolute Gasteiger partial charge is 0.337 e. The zero-order chi connectivity index (χ0) is 21.2. The number of pyridine rings is 1. The quantitative estimate of drug-likeness (QED) is 0.532. The van der Waals surface area contributed by atoms with Crippen molar-refractivity contribution >= 4 is 39.1 Å². The van der Waals surface area contributed by atoms with Crippen LogP contribution in [0.5, 0.6) is 0 Å². The minimum Gasteiger partial charge on any atom is -0.337 e. The van der Waals surface area contributed by atoms with Crippen molar-refractivity contribution in [3.63, 3.8) is 0 Å². The molecule has 154 valence electrons. The van der Waals surface area contributed by atoms with E-state index in [2.05, 4.69) is 33.5 Å². The third-order valence-corrected chi connectivity index (χ3v) is 6.42. The minimum absolute atomic E-state index is 0.106. The first kappa shape index (κ1) is 19.4. The second-order valence-electron chi connectivity index (χ2n) is 7.44. The maximum absolute atomic E-state index is 13.0. The SMILES string of the molecule is O=C(Nc1nc2c(s1)CN(C(=O)Cc1cccc3ccccc13)CC2)c1ccccn1. The van der Waals surface area contributed by atoms with Crippen molar-refractivity contribution in [3.05, 3.63) is 88.7 Å². The molecule has 2 amide bonds. The van der Waals surface area contributed by atoms with E-state index in [9.17, 15) is 9.59 Å². The van der Waals surface area contributed by atoms with Crippen LogP contribution >= 0.6 is 11.3 Å². The third-order valence-electron chi connectivity index (χ3n) is 5.42. The lowest BCUT2D eigenvalue weighted by molar-refractivity contribution is -0.131. The van der Waals surface area contributed by atoms with Crippen molar-refractivity contribution in [1.29, 1.82) is 0 Å². The second-order valence-corrected chi connectivity index (χ2v) is 8.52. The average Bonchev–Trinajstić information content (AvgIpc) is 3.21. The molecule has 1 N–H and O–H groups in total. The predicted octanol–water partition coefficient (Wildman–Crippen LogP) is 4.07. The average molecular weight is 429 g/mol. The van der Waals surface area contributed by atoms with Gasteiger partial charge in [0.2, 0.25) is 5.91 Å². The molecule has 7 heteroatoms. The number of carbonyl (C=O) groups is 2. The van der Waals surface area contributed by atoms with Gasteiger partial charge in [0.25, 0.3) is 5.91 Å². The summed E-state index contributed by atoms with van der Waals surface area (Å²) >= 11 is 1.42. The maximum atomic E-state index is 13.0. The molecule has 0 spiro atoms. The van der Waals surface area contributed by atoms with Gasteiger partial charge in [-0.25, -0.2) is 4.98 Å². The normalized spacial score (nSPS) is 13.1. The van der Waals surface area contributed by atoms with E-state index in [1.54, 1.807) is 24.4 Å². The van der Waals surface area contributed by atoms with Gasteiger partial charge >= 0.3 is 0 Å². The van der Waals surface area contributed by atoms with Gasteiger partial charge in [-0.1, -0.05) is 59.9 Å². The number of fused-ring (bicyclic) bond motifs is 2. The van der Waals surface area contributed by atoms with Crippen LogP contribution in [0.1, 0.15) is 26.6 Å². The highest BCUT2D eigenvalue weighted by molar-refractivity contribution is 7.15. The zero-order valence-corrected chi connectivity index (χ0v) is 17.6. The van der Waals surface area contributed by atoms with Gasteiger partial charge in [0.15, 0.2) is 5.13 Å². The van der Waals surface area contributed by atoms with Gasteiger partial charge < -0.3 is 4.90 Å². The summed E-state index contributed by atoms with van der Waals surface area (Å²) in [7, 11) is 0. The molecule has 2 aromatic carbocycles. The third kappa shape index (κ3) is 4.04. The lowest BCUT2D eigenvalue weighted by Crippen LogP contribution is -2.36. The maximum Gasteiger partial charge on any atom is 0.276 e. The summed E-state index contributed by atoms with van der Waals surface area (Å²) in [6, 6.07) is 19.4. The predicted molar refractivity (Wildman–Crippen MR) is 121 cm³/mol. The molecule has 4 aromatic rings. The Morgan fingerprint density at radius 2 is 1.87 bits per heavy atom. The zero-order valence-electron chi connectivity index (χ0n) is 16.7. The van der Waals surface area contributed by atoms with E-state index >= 15 is 0 Å². The van der Waals surface area contributed by atoms with Crippen LogP contribution in [0.2, 0.25) is 0 Å². The molecule has 0 bridgehead atoms. The summed E-state index contributed by atoms with van der Waals surface area (Å²) in [5, 5.41) is 5.63. The molecule has 0 unspecified atom stereocenters. The van der Waals surface area contributed by atoms with Gasteiger partial charge in [-0.05, 0) is 28.5 Å². The highest BCUT2D eigenvalue weighted by Gasteiger charge is 2.25. The Morgan fingerprint density at radius 1 is 1.03 bits per heavy atom. The smallest absolute Gasteiger partial charge is 0.276 e. The van der Waals surface area contributed by atoms with Crippen LogP contribution in [0, 0.1) is 0 Å². The molecule has 0 saturated carbocycles. The van der Waals surface area contributed by atoms with E-state index in [4.69, 9.17) is 0 Å². The Kier molecular flexibility index (Phi) is 5.18. The number of aromatic nitrogens is 2. The van der Waals surface area contributed by atoms with E-state index in [1.165, 1.54) is 11.3 Å². The Hall–Kier alpha value is -3.58. The molecule has 3 heterocycles. The summed E-state index contributed by atoms with van der Waals surface area (Å²) in [6.07, 6.45) is 2.65. The number of hydrogen-bond acceptors (Lipinski definition) is 5. The molecule has 0 fully saturated rings. The van der Waals surface area contributed by atoms with Gasteiger partial charge in [0.1, 0.15) is 5.69 Å². The number of amides is 2. The minimum atomic E-state index is -0.282. The molecule has 31 heavy (non-hydrogen) atoms. The van der Waals surface area contributed by atoms with Gasteiger partial charge in [-0.15, -0.1) is 0 Å². The van der Waals surface area contributed by atoms with E-state index in [0.717, 1.165) is 26.9 Å². The van der Waals surface area contributed by atoms with Crippen molar-refractivity contribution in [1.82, 2.24) is 14.9 Å². The molecule has 0 atom stereocenters. The molecule has 5 rings (SSSR count). The summed E-state index contributed by atoms with van der Waals surface area (Å²) in [6.45, 7) is 1.16. The lowest BCUT2D eigenvalue weighted by atomic mass is 10.0. The number of benzene rings is 2. The van der Waals surface area contributed by atoms with Crippen LogP contribution in [0.25, 0.3) is 10.8 Å². The Bertz CT molecular complexity index is 1260. The van der Waals surface area contributed by atoms with Crippen LogP contribution in [-0.4, -0.2) is 33.2 Å². The number of nitrogens with zero attached hydrogens (tertiary/aromatic N) is 3. The van der Waals surface area contributed by atoms with Gasteiger partial charge in [-0.3, -0.25) is 19.9 Å². The van der Waals surface area contributed by atoms with Crippen LogP contribution in [0.15, 0.2) is 66.9 Å². The first-order valence-electron chi connectivity index (χ1n) is 10.1. The summed E-state index contributed by atoms with van der Waals surface area (Å²) in [4.78, 5) is 36.9. The number of carbonyl (C=O) groups excluding carboxylic acids is 2. The number of thiazole rings is 1. The topological polar surface area (TPSA) is 75.2 Å². The van der Waals surface area contributed by atoms with Crippen molar-refractivity contribution in [2.24, 2.45) is 0 Å². The van der Waals surface area contributed by atoms with E-state index in [-0.39, 0.29) is 11.8 Å². The molecule has 6 nitrogen and oxygen atoms in total. The van der Waals surface area contributed by atoms with Crippen molar-refractivity contribution in [2.75, 3.05) is 11.9 Å². The highest BCUT2D eigenvalue weighted by atomic mass is 32.1. The molecule has 0 radical (unpaired) electrons. The van der Waals surface area contributed by atoms with E-state index in [1.807, 2.05) is 29.2 Å². The van der Waals surface area contributed by atoms with E-state index < -0.39 is 0 Å². The summed E-state index contributed by atoms with van der Waals surface area (Å²) in [5.41, 5.74) is 2.35. The number of rotatable bonds is 4. The second kappa shape index (κ2) is 8.28. The molecule has 2 aromatic heterocycles. The highest BCUT2D eigenvalue weighted by Crippen LogP contribution is 2.29. The first-order chi connectivity index (χ1) is 15.2. The standard InChI is InChI=1S/C24H20N4O2S/c29-22(14-17-8-5-7-16-6-1-2-9-18(16)17)28-13-11-19-21(15-28)31-24(26-19)27-23(30)20-10-3-4-12-25-20/h1-10,12H,11,13-15H2,(H,26,27,30). The summed E-state index contributed by atoms with van der Waals surface area (Å²) in [5.74, 6) is -0.176. The molecule has 0 aliphatic carbocycles. The molecular formula is C24H20N4O2S. The van der Waals surface area contributed by atoms with E-state index in [0.29, 0.717) is 36.8 Å². The van der Waals surface area contributed by atoms with Crippen molar-refractivity contribution in [3.8, 4) is 0 Å². The van der Waals surface area contributed by atoms with Gasteiger partial charge in [0.05, 0.1) is 18.7 Å². The van der Waals surface area contributed by atoms with Crippen molar-refractivity contribution < 1.29 is 9.59 Å². The Labute approximate surface area is 183 Å². The Morgan fingerprint density at radius 3 is 2.74 bits per heavy atom. The fourth-order valence-electron chi connectivity index (χ4n) is 3.84. The van der Waals surface area contributed by atoms with Gasteiger partial charge in [-0.2, -0.15) is 0 Å².